The van der Waals surface area contributed by atoms with Crippen molar-refractivity contribution in [3.8, 4) is 5.75 Å². The van der Waals surface area contributed by atoms with Crippen LogP contribution < -0.4 is 10.5 Å². The van der Waals surface area contributed by atoms with Crippen LogP contribution in [0.25, 0.3) is 0 Å². The summed E-state index contributed by atoms with van der Waals surface area (Å²) in [6.45, 7) is 0.822. The van der Waals surface area contributed by atoms with Gasteiger partial charge in [0.05, 0.1) is 6.61 Å². The van der Waals surface area contributed by atoms with Crippen LogP contribution in [0.3, 0.4) is 0 Å². The SMILES string of the molecule is NC(CCCCCOc1ccccc1)C1CC1. The fourth-order valence-corrected chi connectivity index (χ4v) is 2.13. The highest BCUT2D eigenvalue weighted by atomic mass is 16.5. The van der Waals surface area contributed by atoms with Gasteiger partial charge in [-0.2, -0.15) is 0 Å². The molecule has 0 aliphatic heterocycles. The van der Waals surface area contributed by atoms with Crippen LogP contribution >= 0.6 is 0 Å². The van der Waals surface area contributed by atoms with Crippen molar-refractivity contribution in [2.24, 2.45) is 11.7 Å². The van der Waals surface area contributed by atoms with Crippen molar-refractivity contribution in [3.05, 3.63) is 30.3 Å². The standard InChI is InChI=1S/C15H23NO/c16-15(13-10-11-13)9-5-2-6-12-17-14-7-3-1-4-8-14/h1,3-4,7-8,13,15H,2,5-6,9-12,16H2. The highest BCUT2D eigenvalue weighted by Gasteiger charge is 2.27. The van der Waals surface area contributed by atoms with E-state index in [4.69, 9.17) is 10.5 Å². The zero-order valence-corrected chi connectivity index (χ0v) is 10.5. The van der Waals surface area contributed by atoms with E-state index in [2.05, 4.69) is 0 Å². The third-order valence-corrected chi connectivity index (χ3v) is 3.42. The highest BCUT2D eigenvalue weighted by Crippen LogP contribution is 2.33. The van der Waals surface area contributed by atoms with Crippen LogP contribution in [0.4, 0.5) is 0 Å². The van der Waals surface area contributed by atoms with Crippen molar-refractivity contribution in [2.75, 3.05) is 6.61 Å². The molecule has 1 aromatic rings. The van der Waals surface area contributed by atoms with E-state index in [-0.39, 0.29) is 0 Å². The fraction of sp³-hybridized carbons (Fsp3) is 0.600. The number of para-hydroxylation sites is 1. The minimum atomic E-state index is 0.463. The molecule has 1 aliphatic carbocycles. The lowest BCUT2D eigenvalue weighted by atomic mass is 10.1. The lowest BCUT2D eigenvalue weighted by molar-refractivity contribution is 0.303. The second kappa shape index (κ2) is 6.65. The zero-order valence-electron chi connectivity index (χ0n) is 10.5. The molecule has 0 amide bonds. The van der Waals surface area contributed by atoms with Gasteiger partial charge in [0.2, 0.25) is 0 Å². The maximum Gasteiger partial charge on any atom is 0.119 e. The Hall–Kier alpha value is -1.02. The summed E-state index contributed by atoms with van der Waals surface area (Å²) in [7, 11) is 0. The van der Waals surface area contributed by atoms with E-state index >= 15 is 0 Å². The van der Waals surface area contributed by atoms with Crippen LogP contribution in [0.1, 0.15) is 38.5 Å². The van der Waals surface area contributed by atoms with Crippen LogP contribution in [-0.4, -0.2) is 12.6 Å². The number of nitrogens with two attached hydrogens (primary N) is 1. The lowest BCUT2D eigenvalue weighted by Gasteiger charge is -2.09. The quantitative estimate of drug-likeness (QED) is 0.699. The van der Waals surface area contributed by atoms with E-state index in [0.29, 0.717) is 6.04 Å². The third kappa shape index (κ3) is 4.78. The molecule has 17 heavy (non-hydrogen) atoms. The Labute approximate surface area is 104 Å². The van der Waals surface area contributed by atoms with Crippen molar-refractivity contribution in [1.29, 1.82) is 0 Å². The Morgan fingerprint density at radius 1 is 1.12 bits per heavy atom. The number of ether oxygens (including phenoxy) is 1. The first kappa shape index (κ1) is 12.4. The molecule has 1 fully saturated rings. The molecule has 0 saturated heterocycles. The molecule has 1 saturated carbocycles. The summed E-state index contributed by atoms with van der Waals surface area (Å²) in [5.74, 6) is 1.82. The lowest BCUT2D eigenvalue weighted by Crippen LogP contribution is -2.21. The average molecular weight is 233 g/mol. The van der Waals surface area contributed by atoms with Crippen molar-refractivity contribution >= 4 is 0 Å². The van der Waals surface area contributed by atoms with E-state index < -0.39 is 0 Å². The predicted octanol–water partition coefficient (Wildman–Crippen LogP) is 3.36. The number of hydrogen-bond acceptors (Lipinski definition) is 2. The molecule has 0 radical (unpaired) electrons. The van der Waals surface area contributed by atoms with Crippen molar-refractivity contribution in [2.45, 2.75) is 44.6 Å². The molecule has 94 valence electrons. The summed E-state index contributed by atoms with van der Waals surface area (Å²) in [6, 6.07) is 10.5. The van der Waals surface area contributed by atoms with Gasteiger partial charge in [0.1, 0.15) is 5.75 Å². The minimum Gasteiger partial charge on any atom is -0.494 e. The summed E-state index contributed by atoms with van der Waals surface area (Å²) in [4.78, 5) is 0. The first-order valence-corrected chi connectivity index (χ1v) is 6.79. The molecule has 1 aliphatic rings. The molecule has 2 nitrogen and oxygen atoms in total. The molecular weight excluding hydrogens is 210 g/mol. The molecular formula is C15H23NO. The monoisotopic (exact) mass is 233 g/mol. The molecule has 2 heteroatoms. The molecule has 0 spiro atoms. The molecule has 2 N–H and O–H groups in total. The van der Waals surface area contributed by atoms with Crippen molar-refractivity contribution in [3.63, 3.8) is 0 Å². The van der Waals surface area contributed by atoms with E-state index in [1.165, 1.54) is 32.1 Å². The summed E-state index contributed by atoms with van der Waals surface area (Å²) in [5.41, 5.74) is 6.05. The van der Waals surface area contributed by atoms with Gasteiger partial charge >= 0.3 is 0 Å². The molecule has 0 aromatic heterocycles. The molecule has 0 heterocycles. The molecule has 1 aromatic carbocycles. The van der Waals surface area contributed by atoms with Gasteiger partial charge in [-0.05, 0) is 43.7 Å². The first-order chi connectivity index (χ1) is 8.36. The van der Waals surface area contributed by atoms with Crippen molar-refractivity contribution in [1.82, 2.24) is 0 Å². The second-order valence-corrected chi connectivity index (χ2v) is 5.01. The third-order valence-electron chi connectivity index (χ3n) is 3.42. The van der Waals surface area contributed by atoms with E-state index in [0.717, 1.165) is 24.7 Å². The Balaban J connectivity index is 1.46. The van der Waals surface area contributed by atoms with Crippen LogP contribution in [0.2, 0.25) is 0 Å². The zero-order chi connectivity index (χ0) is 11.9. The van der Waals surface area contributed by atoms with Gasteiger partial charge in [-0.1, -0.05) is 31.0 Å². The highest BCUT2D eigenvalue weighted by molar-refractivity contribution is 5.20. The summed E-state index contributed by atoms with van der Waals surface area (Å²) >= 11 is 0. The Bertz CT molecular complexity index is 308. The second-order valence-electron chi connectivity index (χ2n) is 5.01. The molecule has 1 atom stereocenters. The van der Waals surface area contributed by atoms with Crippen LogP contribution in [-0.2, 0) is 0 Å². The molecule has 1 unspecified atom stereocenters. The van der Waals surface area contributed by atoms with Gasteiger partial charge in [0, 0.05) is 6.04 Å². The average Bonchev–Trinajstić information content (AvgIpc) is 3.19. The van der Waals surface area contributed by atoms with E-state index in [9.17, 15) is 0 Å². The number of hydrogen-bond donors (Lipinski definition) is 1. The molecule has 2 rings (SSSR count). The summed E-state index contributed by atoms with van der Waals surface area (Å²) in [5, 5.41) is 0. The normalized spacial score (nSPS) is 16.8. The van der Waals surface area contributed by atoms with E-state index in [1.807, 2.05) is 30.3 Å². The first-order valence-electron chi connectivity index (χ1n) is 6.79. The summed E-state index contributed by atoms with van der Waals surface area (Å²) < 4.78 is 5.64. The van der Waals surface area contributed by atoms with E-state index in [1.54, 1.807) is 0 Å². The van der Waals surface area contributed by atoms with Gasteiger partial charge in [-0.3, -0.25) is 0 Å². The van der Waals surface area contributed by atoms with Gasteiger partial charge in [-0.15, -0.1) is 0 Å². The predicted molar refractivity (Wildman–Crippen MR) is 71.1 cm³/mol. The number of unbranched alkanes of at least 4 members (excludes halogenated alkanes) is 2. The Morgan fingerprint density at radius 2 is 1.88 bits per heavy atom. The van der Waals surface area contributed by atoms with Crippen LogP contribution in [0, 0.1) is 5.92 Å². The van der Waals surface area contributed by atoms with Crippen molar-refractivity contribution < 1.29 is 4.74 Å². The van der Waals surface area contributed by atoms with Crippen LogP contribution in [0.15, 0.2) is 30.3 Å². The Morgan fingerprint density at radius 3 is 2.59 bits per heavy atom. The minimum absolute atomic E-state index is 0.463. The largest absolute Gasteiger partial charge is 0.494 e. The number of benzene rings is 1. The smallest absolute Gasteiger partial charge is 0.119 e. The summed E-state index contributed by atoms with van der Waals surface area (Å²) in [6.07, 6.45) is 7.52. The van der Waals surface area contributed by atoms with Gasteiger partial charge in [-0.25, -0.2) is 0 Å². The maximum atomic E-state index is 6.05. The van der Waals surface area contributed by atoms with Gasteiger partial charge in [0.25, 0.3) is 0 Å². The topological polar surface area (TPSA) is 35.2 Å². The number of rotatable bonds is 8. The maximum absolute atomic E-state index is 6.05. The van der Waals surface area contributed by atoms with Gasteiger partial charge in [0.15, 0.2) is 0 Å². The Kier molecular flexibility index (Phi) is 4.87. The van der Waals surface area contributed by atoms with Gasteiger partial charge < -0.3 is 10.5 Å². The van der Waals surface area contributed by atoms with Crippen LogP contribution in [0.5, 0.6) is 5.75 Å². The molecule has 0 bridgehead atoms. The fourth-order valence-electron chi connectivity index (χ4n) is 2.13.